The lowest BCUT2D eigenvalue weighted by molar-refractivity contribution is 0.717. The van der Waals surface area contributed by atoms with Crippen LogP contribution < -0.4 is 4.90 Å². The number of rotatable bonds is 6. The van der Waals surface area contributed by atoms with Crippen LogP contribution in [0.15, 0.2) is 12.3 Å². The van der Waals surface area contributed by atoms with Gasteiger partial charge in [0.15, 0.2) is 0 Å². The maximum absolute atomic E-state index is 4.54. The summed E-state index contributed by atoms with van der Waals surface area (Å²) in [7, 11) is 0. The molecule has 0 aliphatic heterocycles. The van der Waals surface area contributed by atoms with Gasteiger partial charge in [-0.1, -0.05) is 20.8 Å². The first-order chi connectivity index (χ1) is 7.31. The van der Waals surface area contributed by atoms with E-state index in [1.807, 2.05) is 12.3 Å². The second-order valence-electron chi connectivity index (χ2n) is 3.69. The third-order valence-corrected chi connectivity index (χ3v) is 2.33. The van der Waals surface area contributed by atoms with Crippen LogP contribution in [-0.4, -0.2) is 23.1 Å². The molecule has 0 atom stereocenters. The summed E-state index contributed by atoms with van der Waals surface area (Å²) in [6.07, 6.45) is 5.11. The molecule has 0 spiro atoms. The van der Waals surface area contributed by atoms with Gasteiger partial charge in [-0.15, -0.1) is 0 Å². The molecule has 3 heteroatoms. The zero-order valence-corrected chi connectivity index (χ0v) is 10.0. The summed E-state index contributed by atoms with van der Waals surface area (Å²) in [6.45, 7) is 8.58. The fourth-order valence-electron chi connectivity index (χ4n) is 1.59. The van der Waals surface area contributed by atoms with Crippen LogP contribution in [0, 0.1) is 0 Å². The van der Waals surface area contributed by atoms with Crippen LogP contribution in [0.3, 0.4) is 0 Å². The lowest BCUT2D eigenvalue weighted by atomic mass is 10.3. The molecule has 0 fully saturated rings. The molecule has 0 radical (unpaired) electrons. The van der Waals surface area contributed by atoms with Crippen molar-refractivity contribution < 1.29 is 0 Å². The molecule has 3 nitrogen and oxygen atoms in total. The van der Waals surface area contributed by atoms with Gasteiger partial charge in [0.25, 0.3) is 0 Å². The predicted octanol–water partition coefficient (Wildman–Crippen LogP) is 2.67. The normalized spacial score (nSPS) is 10.3. The Morgan fingerprint density at radius 1 is 1.13 bits per heavy atom. The van der Waals surface area contributed by atoms with Gasteiger partial charge in [-0.2, -0.15) is 0 Å². The number of hydrogen-bond acceptors (Lipinski definition) is 3. The minimum Gasteiger partial charge on any atom is -0.341 e. The molecule has 0 amide bonds. The highest BCUT2D eigenvalue weighted by molar-refractivity contribution is 5.29. The first-order valence-electron chi connectivity index (χ1n) is 5.88. The van der Waals surface area contributed by atoms with Gasteiger partial charge in [0.2, 0.25) is 5.95 Å². The average molecular weight is 207 g/mol. The minimum absolute atomic E-state index is 0.887. The van der Waals surface area contributed by atoms with E-state index in [0.717, 1.165) is 44.0 Å². The Balaban J connectivity index is 2.79. The van der Waals surface area contributed by atoms with Crippen LogP contribution >= 0.6 is 0 Å². The van der Waals surface area contributed by atoms with E-state index >= 15 is 0 Å². The van der Waals surface area contributed by atoms with Gasteiger partial charge >= 0.3 is 0 Å². The highest BCUT2D eigenvalue weighted by Gasteiger charge is 2.07. The Hall–Kier alpha value is -1.12. The second kappa shape index (κ2) is 6.38. The first kappa shape index (κ1) is 12.0. The summed E-state index contributed by atoms with van der Waals surface area (Å²) in [5, 5.41) is 0. The molecular formula is C12H21N3. The predicted molar refractivity (Wildman–Crippen MR) is 64.2 cm³/mol. The number of aryl methyl sites for hydroxylation is 1. The van der Waals surface area contributed by atoms with Gasteiger partial charge in [-0.3, -0.25) is 0 Å². The summed E-state index contributed by atoms with van der Waals surface area (Å²) in [4.78, 5) is 11.1. The smallest absolute Gasteiger partial charge is 0.225 e. The third kappa shape index (κ3) is 3.50. The highest BCUT2D eigenvalue weighted by atomic mass is 15.2. The van der Waals surface area contributed by atoms with E-state index in [2.05, 4.69) is 35.6 Å². The molecule has 0 N–H and O–H groups in total. The van der Waals surface area contributed by atoms with Crippen molar-refractivity contribution in [3.8, 4) is 0 Å². The zero-order valence-electron chi connectivity index (χ0n) is 10.0. The highest BCUT2D eigenvalue weighted by Crippen LogP contribution is 2.09. The quantitative estimate of drug-likeness (QED) is 0.718. The molecule has 1 heterocycles. The molecule has 0 saturated heterocycles. The van der Waals surface area contributed by atoms with Crippen LogP contribution in [-0.2, 0) is 6.42 Å². The van der Waals surface area contributed by atoms with Crippen molar-refractivity contribution in [3.05, 3.63) is 18.0 Å². The zero-order chi connectivity index (χ0) is 11.1. The molecule has 0 aliphatic rings. The number of aromatic nitrogens is 2. The van der Waals surface area contributed by atoms with Gasteiger partial charge in [0.1, 0.15) is 0 Å². The van der Waals surface area contributed by atoms with Gasteiger partial charge < -0.3 is 4.90 Å². The topological polar surface area (TPSA) is 29.0 Å². The van der Waals surface area contributed by atoms with E-state index in [9.17, 15) is 0 Å². The monoisotopic (exact) mass is 207 g/mol. The second-order valence-corrected chi connectivity index (χ2v) is 3.69. The fraction of sp³-hybridized carbons (Fsp3) is 0.667. The molecule has 1 aromatic rings. The van der Waals surface area contributed by atoms with E-state index in [1.165, 1.54) is 0 Å². The number of anilines is 1. The van der Waals surface area contributed by atoms with Crippen LogP contribution in [0.4, 0.5) is 5.95 Å². The standard InChI is InChI=1S/C12H21N3/c1-4-9-15(10-5-2)12-13-8-7-11(6-3)14-12/h7-8H,4-6,9-10H2,1-3H3. The summed E-state index contributed by atoms with van der Waals surface area (Å²) in [5.41, 5.74) is 1.12. The maximum atomic E-state index is 4.54. The molecule has 84 valence electrons. The molecule has 0 unspecified atom stereocenters. The lowest BCUT2D eigenvalue weighted by Gasteiger charge is -2.21. The van der Waals surface area contributed by atoms with Gasteiger partial charge in [-0.25, -0.2) is 9.97 Å². The van der Waals surface area contributed by atoms with Crippen LogP contribution in [0.25, 0.3) is 0 Å². The summed E-state index contributed by atoms with van der Waals surface area (Å²) in [5.74, 6) is 0.887. The summed E-state index contributed by atoms with van der Waals surface area (Å²) >= 11 is 0. The Bertz CT molecular complexity index is 280. The van der Waals surface area contributed by atoms with Crippen LogP contribution in [0.1, 0.15) is 39.3 Å². The van der Waals surface area contributed by atoms with Crippen molar-refractivity contribution in [1.29, 1.82) is 0 Å². The lowest BCUT2D eigenvalue weighted by Crippen LogP contribution is -2.27. The van der Waals surface area contributed by atoms with E-state index in [4.69, 9.17) is 0 Å². The molecule has 0 saturated carbocycles. The fourth-order valence-corrected chi connectivity index (χ4v) is 1.59. The Kier molecular flexibility index (Phi) is 5.08. The molecule has 15 heavy (non-hydrogen) atoms. The van der Waals surface area contributed by atoms with E-state index in [1.54, 1.807) is 0 Å². The van der Waals surface area contributed by atoms with Gasteiger partial charge in [-0.05, 0) is 25.3 Å². The van der Waals surface area contributed by atoms with Gasteiger partial charge in [0.05, 0.1) is 0 Å². The third-order valence-electron chi connectivity index (χ3n) is 2.33. The minimum atomic E-state index is 0.887. The van der Waals surface area contributed by atoms with Crippen LogP contribution in [0.2, 0.25) is 0 Å². The molecular weight excluding hydrogens is 186 g/mol. The average Bonchev–Trinajstić information content (AvgIpc) is 2.29. The van der Waals surface area contributed by atoms with Crippen LogP contribution in [0.5, 0.6) is 0 Å². The van der Waals surface area contributed by atoms with E-state index in [0.29, 0.717) is 0 Å². The Labute approximate surface area is 92.6 Å². The summed E-state index contributed by atoms with van der Waals surface area (Å²) < 4.78 is 0. The maximum Gasteiger partial charge on any atom is 0.225 e. The van der Waals surface area contributed by atoms with E-state index in [-0.39, 0.29) is 0 Å². The molecule has 0 bridgehead atoms. The molecule has 1 rings (SSSR count). The molecule has 0 aliphatic carbocycles. The molecule has 1 aromatic heterocycles. The van der Waals surface area contributed by atoms with Crippen molar-refractivity contribution in [2.45, 2.75) is 40.0 Å². The van der Waals surface area contributed by atoms with Crippen molar-refractivity contribution in [2.75, 3.05) is 18.0 Å². The number of nitrogens with zero attached hydrogens (tertiary/aromatic N) is 3. The van der Waals surface area contributed by atoms with Gasteiger partial charge in [0, 0.05) is 25.0 Å². The van der Waals surface area contributed by atoms with Crippen molar-refractivity contribution >= 4 is 5.95 Å². The summed E-state index contributed by atoms with van der Waals surface area (Å²) in [6, 6.07) is 1.99. The van der Waals surface area contributed by atoms with Crippen molar-refractivity contribution in [3.63, 3.8) is 0 Å². The Morgan fingerprint density at radius 2 is 1.80 bits per heavy atom. The largest absolute Gasteiger partial charge is 0.341 e. The van der Waals surface area contributed by atoms with Crippen molar-refractivity contribution in [1.82, 2.24) is 9.97 Å². The SMILES string of the molecule is CCCN(CCC)c1nccc(CC)n1. The first-order valence-corrected chi connectivity index (χ1v) is 5.88. The van der Waals surface area contributed by atoms with E-state index < -0.39 is 0 Å². The molecule has 0 aromatic carbocycles. The van der Waals surface area contributed by atoms with Crippen molar-refractivity contribution in [2.24, 2.45) is 0 Å². The number of hydrogen-bond donors (Lipinski definition) is 0. The Morgan fingerprint density at radius 3 is 2.33 bits per heavy atom.